The fraction of sp³-hybridized carbons (Fsp3) is 0.353. The van der Waals surface area contributed by atoms with E-state index in [9.17, 15) is 4.39 Å². The second-order valence-corrected chi connectivity index (χ2v) is 5.36. The van der Waals surface area contributed by atoms with Gasteiger partial charge in [-0.1, -0.05) is 32.0 Å². The van der Waals surface area contributed by atoms with E-state index in [0.29, 0.717) is 5.92 Å². The van der Waals surface area contributed by atoms with Crippen molar-refractivity contribution in [2.45, 2.75) is 27.0 Å². The van der Waals surface area contributed by atoms with Gasteiger partial charge in [0.15, 0.2) is 11.6 Å². The van der Waals surface area contributed by atoms with Crippen LogP contribution in [-0.4, -0.2) is 11.5 Å². The van der Waals surface area contributed by atoms with Gasteiger partial charge in [-0.15, -0.1) is 0 Å². The van der Waals surface area contributed by atoms with Gasteiger partial charge >= 0.3 is 0 Å². The summed E-state index contributed by atoms with van der Waals surface area (Å²) in [5, 5.41) is 3.35. The molecule has 0 atom stereocenters. The normalized spacial score (nSPS) is 10.9. The van der Waals surface area contributed by atoms with Gasteiger partial charge in [-0.3, -0.25) is 4.98 Å². The van der Waals surface area contributed by atoms with Crippen LogP contribution in [0, 0.1) is 11.7 Å². The first-order valence-electron chi connectivity index (χ1n) is 7.18. The fourth-order valence-electron chi connectivity index (χ4n) is 1.91. The van der Waals surface area contributed by atoms with Gasteiger partial charge in [0.1, 0.15) is 6.61 Å². The summed E-state index contributed by atoms with van der Waals surface area (Å²) in [6, 6.07) is 12.2. The number of rotatable bonds is 7. The second-order valence-electron chi connectivity index (χ2n) is 5.36. The van der Waals surface area contributed by atoms with Gasteiger partial charge < -0.3 is 10.1 Å². The molecule has 0 bridgehead atoms. The zero-order chi connectivity index (χ0) is 15.1. The van der Waals surface area contributed by atoms with Gasteiger partial charge in [0.2, 0.25) is 0 Å². The third-order valence-corrected chi connectivity index (χ3v) is 2.94. The number of para-hydroxylation sites is 1. The molecule has 4 heteroatoms. The largest absolute Gasteiger partial charge is 0.484 e. The van der Waals surface area contributed by atoms with Crippen molar-refractivity contribution in [2.75, 3.05) is 6.54 Å². The van der Waals surface area contributed by atoms with Crippen LogP contribution in [0.4, 0.5) is 4.39 Å². The molecule has 3 nitrogen and oxygen atoms in total. The summed E-state index contributed by atoms with van der Waals surface area (Å²) >= 11 is 0. The minimum Gasteiger partial charge on any atom is -0.484 e. The van der Waals surface area contributed by atoms with E-state index in [-0.39, 0.29) is 18.2 Å². The van der Waals surface area contributed by atoms with Crippen LogP contribution in [0.2, 0.25) is 0 Å². The van der Waals surface area contributed by atoms with Crippen molar-refractivity contribution in [3.05, 3.63) is 59.7 Å². The standard InChI is InChI=1S/C17H21FN2O/c1-13(2)10-19-11-14-6-5-7-15(20-14)12-21-17-9-4-3-8-16(17)18/h3-9,13,19H,10-12H2,1-2H3. The zero-order valence-corrected chi connectivity index (χ0v) is 12.5. The molecule has 2 aromatic rings. The quantitative estimate of drug-likeness (QED) is 0.846. The lowest BCUT2D eigenvalue weighted by Crippen LogP contribution is -2.19. The molecule has 0 aliphatic rings. The Bertz CT molecular complexity index is 572. The first kappa shape index (κ1) is 15.4. The van der Waals surface area contributed by atoms with Crippen LogP contribution < -0.4 is 10.1 Å². The predicted octanol–water partition coefficient (Wildman–Crippen LogP) is 3.55. The number of ether oxygens (including phenoxy) is 1. The average molecular weight is 288 g/mol. The molecule has 112 valence electrons. The molecule has 0 fully saturated rings. The van der Waals surface area contributed by atoms with Gasteiger partial charge in [-0.2, -0.15) is 0 Å². The van der Waals surface area contributed by atoms with E-state index in [1.165, 1.54) is 6.07 Å². The SMILES string of the molecule is CC(C)CNCc1cccc(COc2ccccc2F)n1. The van der Waals surface area contributed by atoms with Crippen LogP contribution in [0.15, 0.2) is 42.5 Å². The highest BCUT2D eigenvalue weighted by atomic mass is 19.1. The van der Waals surface area contributed by atoms with Crippen molar-refractivity contribution < 1.29 is 9.13 Å². The van der Waals surface area contributed by atoms with E-state index in [2.05, 4.69) is 24.1 Å². The van der Waals surface area contributed by atoms with E-state index < -0.39 is 0 Å². The number of hydrogen-bond acceptors (Lipinski definition) is 3. The summed E-state index contributed by atoms with van der Waals surface area (Å²) in [6.07, 6.45) is 0. The van der Waals surface area contributed by atoms with E-state index in [4.69, 9.17) is 4.74 Å². The average Bonchev–Trinajstić information content (AvgIpc) is 2.46. The van der Waals surface area contributed by atoms with Crippen molar-refractivity contribution in [3.8, 4) is 5.75 Å². The Morgan fingerprint density at radius 3 is 2.62 bits per heavy atom. The number of aromatic nitrogens is 1. The van der Waals surface area contributed by atoms with Gasteiger partial charge in [0.05, 0.1) is 11.4 Å². The molecule has 1 heterocycles. The molecule has 1 N–H and O–H groups in total. The number of nitrogens with zero attached hydrogens (tertiary/aromatic N) is 1. The van der Waals surface area contributed by atoms with Crippen molar-refractivity contribution in [3.63, 3.8) is 0 Å². The van der Waals surface area contributed by atoms with Crippen molar-refractivity contribution in [1.82, 2.24) is 10.3 Å². The molecule has 1 aromatic heterocycles. The third-order valence-electron chi connectivity index (χ3n) is 2.94. The van der Waals surface area contributed by atoms with Crippen LogP contribution in [0.25, 0.3) is 0 Å². The van der Waals surface area contributed by atoms with Crippen LogP contribution in [0.3, 0.4) is 0 Å². The van der Waals surface area contributed by atoms with Gasteiger partial charge in [-0.05, 0) is 36.7 Å². The van der Waals surface area contributed by atoms with Crippen molar-refractivity contribution in [1.29, 1.82) is 0 Å². The molecule has 0 unspecified atom stereocenters. The highest BCUT2D eigenvalue weighted by Crippen LogP contribution is 2.16. The summed E-state index contributed by atoms with van der Waals surface area (Å²) in [7, 11) is 0. The molecular weight excluding hydrogens is 267 g/mol. The third kappa shape index (κ3) is 5.16. The van der Waals surface area contributed by atoms with E-state index in [1.807, 2.05) is 18.2 Å². The molecule has 21 heavy (non-hydrogen) atoms. The molecule has 0 spiro atoms. The first-order chi connectivity index (χ1) is 10.1. The molecule has 2 rings (SSSR count). The van der Waals surface area contributed by atoms with Crippen LogP contribution in [-0.2, 0) is 13.2 Å². The van der Waals surface area contributed by atoms with Crippen molar-refractivity contribution >= 4 is 0 Å². The Balaban J connectivity index is 1.90. The van der Waals surface area contributed by atoms with Gasteiger partial charge in [0, 0.05) is 6.54 Å². The van der Waals surface area contributed by atoms with Crippen LogP contribution in [0.5, 0.6) is 5.75 Å². The van der Waals surface area contributed by atoms with Gasteiger partial charge in [0.25, 0.3) is 0 Å². The lowest BCUT2D eigenvalue weighted by Gasteiger charge is -2.09. The maximum Gasteiger partial charge on any atom is 0.165 e. The van der Waals surface area contributed by atoms with Crippen molar-refractivity contribution in [2.24, 2.45) is 5.92 Å². The lowest BCUT2D eigenvalue weighted by molar-refractivity contribution is 0.285. The Morgan fingerprint density at radius 2 is 1.86 bits per heavy atom. The summed E-state index contributed by atoms with van der Waals surface area (Å²) < 4.78 is 18.9. The minimum atomic E-state index is -0.354. The van der Waals surface area contributed by atoms with Crippen LogP contribution in [0.1, 0.15) is 25.2 Å². The Morgan fingerprint density at radius 1 is 1.10 bits per heavy atom. The molecule has 0 saturated carbocycles. The minimum absolute atomic E-state index is 0.252. The molecule has 0 aliphatic carbocycles. The van der Waals surface area contributed by atoms with Crippen LogP contribution >= 0.6 is 0 Å². The monoisotopic (exact) mass is 288 g/mol. The van der Waals surface area contributed by atoms with E-state index >= 15 is 0 Å². The second kappa shape index (κ2) is 7.74. The smallest absolute Gasteiger partial charge is 0.165 e. The number of nitrogens with one attached hydrogen (secondary N) is 1. The number of benzene rings is 1. The predicted molar refractivity (Wildman–Crippen MR) is 81.5 cm³/mol. The maximum absolute atomic E-state index is 13.5. The maximum atomic E-state index is 13.5. The molecule has 0 amide bonds. The number of halogens is 1. The van der Waals surface area contributed by atoms with E-state index in [0.717, 1.165) is 24.5 Å². The van der Waals surface area contributed by atoms with E-state index in [1.54, 1.807) is 18.2 Å². The Labute approximate surface area is 125 Å². The highest BCUT2D eigenvalue weighted by Gasteiger charge is 2.03. The molecule has 0 radical (unpaired) electrons. The first-order valence-corrected chi connectivity index (χ1v) is 7.18. The lowest BCUT2D eigenvalue weighted by atomic mass is 10.2. The fourth-order valence-corrected chi connectivity index (χ4v) is 1.91. The summed E-state index contributed by atoms with van der Waals surface area (Å²) in [6.45, 7) is 6.28. The molecule has 1 aromatic carbocycles. The Hall–Kier alpha value is -1.94. The molecular formula is C17H21FN2O. The topological polar surface area (TPSA) is 34.1 Å². The number of pyridine rings is 1. The highest BCUT2D eigenvalue weighted by molar-refractivity contribution is 5.24. The molecule has 0 aliphatic heterocycles. The zero-order valence-electron chi connectivity index (χ0n) is 12.5. The van der Waals surface area contributed by atoms with Gasteiger partial charge in [-0.25, -0.2) is 4.39 Å². The summed E-state index contributed by atoms with van der Waals surface area (Å²) in [4.78, 5) is 4.50. The Kier molecular flexibility index (Phi) is 5.69. The summed E-state index contributed by atoms with van der Waals surface area (Å²) in [5.41, 5.74) is 1.76. The summed E-state index contributed by atoms with van der Waals surface area (Å²) in [5.74, 6) is 0.507. The number of hydrogen-bond donors (Lipinski definition) is 1. The molecule has 0 saturated heterocycles.